The molecule has 0 aromatic heterocycles. The van der Waals surface area contributed by atoms with Crippen LogP contribution < -0.4 is 5.32 Å². The Labute approximate surface area is 119 Å². The van der Waals surface area contributed by atoms with Crippen LogP contribution in [-0.2, 0) is 0 Å². The minimum Gasteiger partial charge on any atom is -0.395 e. The number of hydrogen-bond donors (Lipinski definition) is 2. The fourth-order valence-electron chi connectivity index (χ4n) is 2.31. The molecule has 1 aromatic carbocycles. The maximum absolute atomic E-state index is 13.3. The normalized spacial score (nSPS) is 13.2. The van der Waals surface area contributed by atoms with Gasteiger partial charge in [-0.05, 0) is 45.0 Å². The van der Waals surface area contributed by atoms with Crippen molar-refractivity contribution in [2.24, 2.45) is 0 Å². The second kappa shape index (κ2) is 8.29. The average Bonchev–Trinajstić information content (AvgIpc) is 2.36. The van der Waals surface area contributed by atoms with Gasteiger partial charge in [-0.25, -0.2) is 8.78 Å². The van der Waals surface area contributed by atoms with E-state index in [1.807, 2.05) is 0 Å². The third kappa shape index (κ3) is 5.15. The molecule has 5 heteroatoms. The van der Waals surface area contributed by atoms with E-state index in [4.69, 9.17) is 5.11 Å². The van der Waals surface area contributed by atoms with Gasteiger partial charge in [-0.2, -0.15) is 0 Å². The Hall–Kier alpha value is -1.04. The van der Waals surface area contributed by atoms with Gasteiger partial charge in [-0.15, -0.1) is 0 Å². The molecule has 20 heavy (non-hydrogen) atoms. The minimum absolute atomic E-state index is 0.108. The Bertz CT molecular complexity index is 393. The van der Waals surface area contributed by atoms with Crippen LogP contribution in [0.25, 0.3) is 0 Å². The van der Waals surface area contributed by atoms with Crippen molar-refractivity contribution in [3.63, 3.8) is 0 Å². The van der Waals surface area contributed by atoms with Crippen LogP contribution >= 0.6 is 0 Å². The molecule has 0 heterocycles. The summed E-state index contributed by atoms with van der Waals surface area (Å²) in [5, 5.41) is 12.1. The van der Waals surface area contributed by atoms with Gasteiger partial charge in [0.05, 0.1) is 6.61 Å². The summed E-state index contributed by atoms with van der Waals surface area (Å²) in [5.74, 6) is -1.12. The van der Waals surface area contributed by atoms with Crippen molar-refractivity contribution >= 4 is 0 Å². The molecule has 0 saturated carbocycles. The summed E-state index contributed by atoms with van der Waals surface area (Å²) >= 11 is 0. The van der Waals surface area contributed by atoms with Crippen LogP contribution in [0.2, 0.25) is 0 Å². The highest BCUT2D eigenvalue weighted by molar-refractivity contribution is 5.21. The predicted molar refractivity (Wildman–Crippen MR) is 76.6 cm³/mol. The summed E-state index contributed by atoms with van der Waals surface area (Å²) in [6, 6.07) is 3.80. The standard InChI is InChI=1S/C15H24F2N2O/c1-11(2)19(6-7-20)5-4-15(18-3)12-8-13(16)10-14(17)9-12/h8-11,15,18,20H,4-7H2,1-3H3. The number of halogens is 2. The fourth-order valence-corrected chi connectivity index (χ4v) is 2.31. The lowest BCUT2D eigenvalue weighted by Crippen LogP contribution is -2.36. The zero-order chi connectivity index (χ0) is 15.1. The van der Waals surface area contributed by atoms with Crippen molar-refractivity contribution < 1.29 is 13.9 Å². The number of aliphatic hydroxyl groups is 1. The highest BCUT2D eigenvalue weighted by Crippen LogP contribution is 2.20. The molecular formula is C15H24F2N2O. The second-order valence-corrected chi connectivity index (χ2v) is 5.19. The first-order chi connectivity index (χ1) is 9.47. The van der Waals surface area contributed by atoms with Gasteiger partial charge in [0, 0.05) is 31.2 Å². The van der Waals surface area contributed by atoms with Crippen LogP contribution in [0.4, 0.5) is 8.78 Å². The third-order valence-corrected chi connectivity index (χ3v) is 3.46. The van der Waals surface area contributed by atoms with E-state index in [9.17, 15) is 8.78 Å². The lowest BCUT2D eigenvalue weighted by Gasteiger charge is -2.28. The molecule has 2 N–H and O–H groups in total. The van der Waals surface area contributed by atoms with Crippen molar-refractivity contribution in [2.75, 3.05) is 26.7 Å². The van der Waals surface area contributed by atoms with Crippen LogP contribution in [0, 0.1) is 11.6 Å². The summed E-state index contributed by atoms with van der Waals surface area (Å²) in [4.78, 5) is 2.14. The molecule has 1 aromatic rings. The second-order valence-electron chi connectivity index (χ2n) is 5.19. The molecule has 3 nitrogen and oxygen atoms in total. The number of aliphatic hydroxyl groups excluding tert-OH is 1. The molecule has 0 fully saturated rings. The van der Waals surface area contributed by atoms with E-state index in [0.717, 1.165) is 19.0 Å². The molecule has 0 saturated heterocycles. The number of rotatable bonds is 8. The molecule has 1 unspecified atom stereocenters. The molecular weight excluding hydrogens is 262 g/mol. The summed E-state index contributed by atoms with van der Waals surface area (Å²) in [6.07, 6.45) is 0.720. The van der Waals surface area contributed by atoms with Crippen LogP contribution in [0.5, 0.6) is 0 Å². The maximum atomic E-state index is 13.3. The molecule has 0 spiro atoms. The molecule has 0 aliphatic rings. The molecule has 0 aliphatic heterocycles. The molecule has 0 aliphatic carbocycles. The van der Waals surface area contributed by atoms with Crippen LogP contribution in [0.15, 0.2) is 18.2 Å². The van der Waals surface area contributed by atoms with E-state index in [0.29, 0.717) is 18.2 Å². The van der Waals surface area contributed by atoms with Crippen molar-refractivity contribution in [3.05, 3.63) is 35.4 Å². The molecule has 0 bridgehead atoms. The SMILES string of the molecule is CNC(CCN(CCO)C(C)C)c1cc(F)cc(F)c1. The van der Waals surface area contributed by atoms with Crippen LogP contribution in [0.3, 0.4) is 0 Å². The van der Waals surface area contributed by atoms with E-state index in [-0.39, 0.29) is 12.6 Å². The third-order valence-electron chi connectivity index (χ3n) is 3.46. The molecule has 1 rings (SSSR count). The van der Waals surface area contributed by atoms with Gasteiger partial charge in [0.25, 0.3) is 0 Å². The Balaban J connectivity index is 2.71. The van der Waals surface area contributed by atoms with E-state index in [1.165, 1.54) is 12.1 Å². The van der Waals surface area contributed by atoms with Gasteiger partial charge >= 0.3 is 0 Å². The molecule has 0 radical (unpaired) electrons. The van der Waals surface area contributed by atoms with E-state index in [2.05, 4.69) is 24.1 Å². The fraction of sp³-hybridized carbons (Fsp3) is 0.600. The minimum atomic E-state index is -0.559. The Morgan fingerprint density at radius 2 is 1.75 bits per heavy atom. The van der Waals surface area contributed by atoms with Crippen LogP contribution in [-0.4, -0.2) is 42.8 Å². The highest BCUT2D eigenvalue weighted by atomic mass is 19.1. The first-order valence-corrected chi connectivity index (χ1v) is 6.96. The number of benzene rings is 1. The number of hydrogen-bond acceptors (Lipinski definition) is 3. The lowest BCUT2D eigenvalue weighted by molar-refractivity contribution is 0.160. The first kappa shape index (κ1) is 17.0. The van der Waals surface area contributed by atoms with E-state index in [1.54, 1.807) is 7.05 Å². The lowest BCUT2D eigenvalue weighted by atomic mass is 10.0. The van der Waals surface area contributed by atoms with Gasteiger partial charge in [0.2, 0.25) is 0 Å². The van der Waals surface area contributed by atoms with Crippen molar-refractivity contribution in [1.82, 2.24) is 10.2 Å². The molecule has 1 atom stereocenters. The Kier molecular flexibility index (Phi) is 7.05. The quantitative estimate of drug-likeness (QED) is 0.770. The van der Waals surface area contributed by atoms with Gasteiger partial charge in [-0.3, -0.25) is 4.90 Å². The Morgan fingerprint density at radius 1 is 1.15 bits per heavy atom. The summed E-state index contributed by atoms with van der Waals surface area (Å²) < 4.78 is 26.5. The largest absolute Gasteiger partial charge is 0.395 e. The predicted octanol–water partition coefficient (Wildman–Crippen LogP) is 2.32. The van der Waals surface area contributed by atoms with Crippen molar-refractivity contribution in [2.45, 2.75) is 32.4 Å². The summed E-state index contributed by atoms with van der Waals surface area (Å²) in [6.45, 7) is 5.59. The number of nitrogens with zero attached hydrogens (tertiary/aromatic N) is 1. The van der Waals surface area contributed by atoms with Crippen LogP contribution in [0.1, 0.15) is 31.9 Å². The first-order valence-electron chi connectivity index (χ1n) is 6.96. The summed E-state index contributed by atoms with van der Waals surface area (Å²) in [7, 11) is 1.78. The van der Waals surface area contributed by atoms with Crippen molar-refractivity contribution in [3.8, 4) is 0 Å². The maximum Gasteiger partial charge on any atom is 0.126 e. The molecule has 114 valence electrons. The van der Waals surface area contributed by atoms with Gasteiger partial charge in [-0.1, -0.05) is 0 Å². The van der Waals surface area contributed by atoms with Gasteiger partial charge < -0.3 is 10.4 Å². The zero-order valence-corrected chi connectivity index (χ0v) is 12.4. The van der Waals surface area contributed by atoms with Gasteiger partial charge in [0.1, 0.15) is 11.6 Å². The molecule has 0 amide bonds. The highest BCUT2D eigenvalue weighted by Gasteiger charge is 2.15. The van der Waals surface area contributed by atoms with Crippen molar-refractivity contribution in [1.29, 1.82) is 0 Å². The monoisotopic (exact) mass is 286 g/mol. The topological polar surface area (TPSA) is 35.5 Å². The Morgan fingerprint density at radius 3 is 2.20 bits per heavy atom. The smallest absolute Gasteiger partial charge is 0.126 e. The average molecular weight is 286 g/mol. The van der Waals surface area contributed by atoms with Gasteiger partial charge in [0.15, 0.2) is 0 Å². The van der Waals surface area contributed by atoms with E-state index < -0.39 is 11.6 Å². The summed E-state index contributed by atoms with van der Waals surface area (Å²) in [5.41, 5.74) is 0.609. The zero-order valence-electron chi connectivity index (χ0n) is 12.4. The van der Waals surface area contributed by atoms with E-state index >= 15 is 0 Å². The number of nitrogens with one attached hydrogen (secondary N) is 1.